The van der Waals surface area contributed by atoms with E-state index in [1.54, 1.807) is 15.8 Å². The number of benzene rings is 1. The molecule has 1 aromatic carbocycles. The molecule has 1 aromatic heterocycles. The van der Waals surface area contributed by atoms with Crippen LogP contribution >= 0.6 is 11.6 Å². The van der Waals surface area contributed by atoms with Gasteiger partial charge < -0.3 is 19.9 Å². The second-order valence-corrected chi connectivity index (χ2v) is 9.34. The Bertz CT molecular complexity index is 1090. The molecule has 2 amide bonds. The number of alkyl halides is 2. The molecule has 0 bridgehead atoms. The number of ether oxygens (including phenoxy) is 1. The molecule has 2 N–H and O–H groups in total. The molecule has 2 aliphatic rings. The summed E-state index contributed by atoms with van der Waals surface area (Å²) < 4.78 is 44.8. The van der Waals surface area contributed by atoms with Crippen LogP contribution in [0.4, 0.5) is 23.7 Å². The average molecular weight is 513 g/mol. The maximum Gasteiger partial charge on any atom is 0.345 e. The minimum absolute atomic E-state index is 0.0806. The average Bonchev–Trinajstić information content (AvgIpc) is 3.48. The summed E-state index contributed by atoms with van der Waals surface area (Å²) in [5.74, 6) is -0.336. The van der Waals surface area contributed by atoms with Gasteiger partial charge in [-0.25, -0.2) is 9.18 Å². The Morgan fingerprint density at radius 2 is 2.09 bits per heavy atom. The van der Waals surface area contributed by atoms with Gasteiger partial charge >= 0.3 is 12.6 Å². The smallest absolute Gasteiger partial charge is 0.345 e. The number of hydrogen-bond donors (Lipinski definition) is 2. The van der Waals surface area contributed by atoms with Gasteiger partial charge in [-0.15, -0.1) is 0 Å². The van der Waals surface area contributed by atoms with Crippen LogP contribution in [-0.4, -0.2) is 63.8 Å². The molecule has 8 nitrogen and oxygen atoms in total. The molecule has 1 fully saturated rings. The second kappa shape index (κ2) is 10.4. The predicted molar refractivity (Wildman–Crippen MR) is 125 cm³/mol. The number of halogens is 4. The molecular formula is C23H28ClF3N6O2. The van der Waals surface area contributed by atoms with Crippen molar-refractivity contribution in [3.8, 4) is 0 Å². The molecule has 190 valence electrons. The third kappa shape index (κ3) is 5.40. The molecule has 2 aromatic rings. The second-order valence-electron chi connectivity index (χ2n) is 8.93. The standard InChI is InChI=1S/C23H28ClF3N6O2/c1-31(23(6-2-3-7-23)8-11-35-21(26)27)20(28)16-13-29-33-10-9-32(14-19(16)33)22(34)30-15-4-5-18(25)17(24)12-15/h4-5,12-13,21,28H,2-3,6-11,14H2,1H3,(H,30,34). The van der Waals surface area contributed by atoms with Crippen LogP contribution in [0.25, 0.3) is 0 Å². The molecule has 0 unspecified atom stereocenters. The molecule has 1 saturated carbocycles. The maximum atomic E-state index is 13.4. The SMILES string of the molecule is CN(C(=N)c1cnn2c1CN(C(=O)Nc1ccc(F)c(Cl)c1)CC2)C1(CCOC(F)F)CCCC1. The zero-order valence-electron chi connectivity index (χ0n) is 19.4. The molecule has 0 saturated heterocycles. The van der Waals surface area contributed by atoms with Crippen LogP contribution in [-0.2, 0) is 17.8 Å². The molecule has 0 spiro atoms. The maximum absolute atomic E-state index is 13.4. The quantitative estimate of drug-likeness (QED) is 0.407. The molecule has 0 radical (unpaired) electrons. The van der Waals surface area contributed by atoms with E-state index >= 15 is 0 Å². The van der Waals surface area contributed by atoms with Gasteiger partial charge in [0.15, 0.2) is 0 Å². The molecule has 35 heavy (non-hydrogen) atoms. The number of amides is 2. The van der Waals surface area contributed by atoms with E-state index < -0.39 is 18.0 Å². The van der Waals surface area contributed by atoms with E-state index in [9.17, 15) is 18.0 Å². The van der Waals surface area contributed by atoms with Crippen molar-refractivity contribution in [3.05, 3.63) is 46.5 Å². The minimum atomic E-state index is -2.82. The number of hydrogen-bond acceptors (Lipinski definition) is 4. The Labute approximate surface area is 206 Å². The Morgan fingerprint density at radius 1 is 1.34 bits per heavy atom. The minimum Gasteiger partial charge on any atom is -0.354 e. The molecule has 4 rings (SSSR count). The fraction of sp³-hybridized carbons (Fsp3) is 0.522. The van der Waals surface area contributed by atoms with Crippen molar-refractivity contribution in [2.24, 2.45) is 0 Å². The first-order valence-electron chi connectivity index (χ1n) is 11.5. The predicted octanol–water partition coefficient (Wildman–Crippen LogP) is 4.92. The lowest BCUT2D eigenvalue weighted by Crippen LogP contribution is -2.49. The van der Waals surface area contributed by atoms with Gasteiger partial charge in [-0.2, -0.15) is 13.9 Å². The van der Waals surface area contributed by atoms with Crippen molar-refractivity contribution in [3.63, 3.8) is 0 Å². The summed E-state index contributed by atoms with van der Waals surface area (Å²) in [6.07, 6.45) is 5.51. The van der Waals surface area contributed by atoms with Crippen LogP contribution in [0.15, 0.2) is 24.4 Å². The summed E-state index contributed by atoms with van der Waals surface area (Å²) in [6, 6.07) is 3.59. The van der Waals surface area contributed by atoms with Crippen molar-refractivity contribution in [2.45, 2.75) is 57.3 Å². The zero-order valence-corrected chi connectivity index (χ0v) is 20.1. The number of urea groups is 1. The van der Waals surface area contributed by atoms with Crippen LogP contribution in [0.2, 0.25) is 5.02 Å². The lowest BCUT2D eigenvalue weighted by molar-refractivity contribution is -0.134. The highest BCUT2D eigenvalue weighted by Gasteiger charge is 2.40. The number of nitrogens with zero attached hydrogens (tertiary/aromatic N) is 4. The van der Waals surface area contributed by atoms with E-state index in [0.29, 0.717) is 30.8 Å². The van der Waals surface area contributed by atoms with Crippen molar-refractivity contribution in [1.29, 1.82) is 5.41 Å². The normalized spacial score (nSPS) is 16.9. The van der Waals surface area contributed by atoms with Gasteiger partial charge in [0.25, 0.3) is 0 Å². The highest BCUT2D eigenvalue weighted by Crippen LogP contribution is 2.38. The number of carbonyl (C=O) groups is 1. The Balaban J connectivity index is 1.47. The Morgan fingerprint density at radius 3 is 2.77 bits per heavy atom. The van der Waals surface area contributed by atoms with E-state index in [4.69, 9.17) is 17.0 Å². The molecule has 0 atom stereocenters. The van der Waals surface area contributed by atoms with Gasteiger partial charge in [0.2, 0.25) is 0 Å². The summed E-state index contributed by atoms with van der Waals surface area (Å²) >= 11 is 5.81. The third-order valence-corrected chi connectivity index (χ3v) is 7.27. The highest BCUT2D eigenvalue weighted by atomic mass is 35.5. The Kier molecular flexibility index (Phi) is 7.56. The first kappa shape index (κ1) is 25.3. The van der Waals surface area contributed by atoms with E-state index in [0.717, 1.165) is 31.4 Å². The fourth-order valence-electron chi connectivity index (χ4n) is 4.94. The number of nitrogens with one attached hydrogen (secondary N) is 2. The highest BCUT2D eigenvalue weighted by molar-refractivity contribution is 6.31. The van der Waals surface area contributed by atoms with Crippen molar-refractivity contribution >= 4 is 29.2 Å². The lowest BCUT2D eigenvalue weighted by atomic mass is 9.90. The van der Waals surface area contributed by atoms with Gasteiger partial charge in [0, 0.05) is 24.8 Å². The molecule has 1 aliphatic carbocycles. The van der Waals surface area contributed by atoms with Crippen LogP contribution in [0, 0.1) is 11.2 Å². The van der Waals surface area contributed by atoms with Gasteiger partial charge in [0.05, 0.1) is 42.2 Å². The fourth-order valence-corrected chi connectivity index (χ4v) is 5.12. The summed E-state index contributed by atoms with van der Waals surface area (Å²) in [5, 5.41) is 16.0. The number of amidine groups is 1. The number of aromatic nitrogens is 2. The summed E-state index contributed by atoms with van der Waals surface area (Å²) in [4.78, 5) is 16.3. The van der Waals surface area contributed by atoms with E-state index in [1.807, 2.05) is 11.9 Å². The van der Waals surface area contributed by atoms with E-state index in [1.165, 1.54) is 18.2 Å². The van der Waals surface area contributed by atoms with Gasteiger partial charge in [-0.1, -0.05) is 24.4 Å². The van der Waals surface area contributed by atoms with Crippen LogP contribution in [0.1, 0.15) is 43.4 Å². The lowest BCUT2D eigenvalue weighted by Gasteiger charge is -2.41. The topological polar surface area (TPSA) is 86.5 Å². The number of anilines is 1. The summed E-state index contributed by atoms with van der Waals surface area (Å²) in [6.45, 7) is -1.80. The molecule has 12 heteroatoms. The monoisotopic (exact) mass is 512 g/mol. The first-order valence-corrected chi connectivity index (χ1v) is 11.9. The molecular weight excluding hydrogens is 485 g/mol. The largest absolute Gasteiger partial charge is 0.354 e. The first-order chi connectivity index (χ1) is 16.7. The van der Waals surface area contributed by atoms with Crippen molar-refractivity contribution in [1.82, 2.24) is 19.6 Å². The van der Waals surface area contributed by atoms with Gasteiger partial charge in [-0.05, 0) is 37.5 Å². The van der Waals surface area contributed by atoms with Crippen molar-refractivity contribution in [2.75, 3.05) is 25.5 Å². The number of rotatable bonds is 7. The van der Waals surface area contributed by atoms with Crippen molar-refractivity contribution < 1.29 is 22.7 Å². The van der Waals surface area contributed by atoms with Crippen LogP contribution in [0.3, 0.4) is 0 Å². The van der Waals surface area contributed by atoms with Gasteiger partial charge in [-0.3, -0.25) is 10.1 Å². The van der Waals surface area contributed by atoms with E-state index in [-0.39, 0.29) is 30.0 Å². The summed E-state index contributed by atoms with van der Waals surface area (Å²) in [7, 11) is 1.81. The molecule has 1 aliphatic heterocycles. The number of fused-ring (bicyclic) bond motifs is 1. The van der Waals surface area contributed by atoms with Crippen LogP contribution < -0.4 is 5.32 Å². The third-order valence-electron chi connectivity index (χ3n) is 6.98. The number of carbonyl (C=O) groups excluding carboxylic acids is 1. The molecule has 2 heterocycles. The van der Waals surface area contributed by atoms with Gasteiger partial charge in [0.1, 0.15) is 11.7 Å². The Hall–Kier alpha value is -2.79. The van der Waals surface area contributed by atoms with Crippen LogP contribution in [0.5, 0.6) is 0 Å². The summed E-state index contributed by atoms with van der Waals surface area (Å²) in [5.41, 5.74) is 1.25. The van der Waals surface area contributed by atoms with E-state index in [2.05, 4.69) is 15.2 Å². The zero-order chi connectivity index (χ0) is 25.2.